The van der Waals surface area contributed by atoms with Crippen LogP contribution >= 0.6 is 11.3 Å². The van der Waals surface area contributed by atoms with Crippen molar-refractivity contribution < 1.29 is 9.52 Å². The molecule has 8 heteroatoms. The minimum Gasteiger partial charge on any atom is -0.468 e. The van der Waals surface area contributed by atoms with Crippen LogP contribution in [0, 0.1) is 0 Å². The predicted molar refractivity (Wildman–Crippen MR) is 143 cm³/mol. The van der Waals surface area contributed by atoms with Crippen molar-refractivity contribution in [2.24, 2.45) is 0 Å². The number of aliphatic hydroxyl groups is 1. The van der Waals surface area contributed by atoms with E-state index < -0.39 is 6.10 Å². The van der Waals surface area contributed by atoms with E-state index in [0.29, 0.717) is 31.9 Å². The van der Waals surface area contributed by atoms with Gasteiger partial charge in [-0.15, -0.1) is 17.9 Å². The van der Waals surface area contributed by atoms with Crippen LogP contribution in [0.25, 0.3) is 10.2 Å². The Morgan fingerprint density at radius 2 is 2.11 bits per heavy atom. The van der Waals surface area contributed by atoms with E-state index in [2.05, 4.69) is 45.6 Å². The lowest BCUT2D eigenvalue weighted by Gasteiger charge is -2.26. The molecule has 188 valence electrons. The Morgan fingerprint density at radius 1 is 1.25 bits per heavy atom. The van der Waals surface area contributed by atoms with E-state index in [4.69, 9.17) is 9.40 Å². The van der Waals surface area contributed by atoms with E-state index in [1.807, 2.05) is 24.3 Å². The second kappa shape index (κ2) is 11.3. The molecule has 0 radical (unpaired) electrons. The Bertz CT molecular complexity index is 1350. The standard InChI is InChI=1S/C28H32N4O3S/c1-2-3-10-21(33)16-32(17-22-11-7-14-35-22)19-25-29-27(34)26-23-12-13-31(15-20-8-5-4-6-9-20)18-24(23)36-28(26)30-25/h2,4-9,11,14,21,33H,1,3,10,12-13,15-19H2,(H,29,30,34). The van der Waals surface area contributed by atoms with Crippen LogP contribution < -0.4 is 5.56 Å². The number of benzene rings is 1. The Balaban J connectivity index is 1.35. The number of rotatable bonds is 11. The number of hydrogen-bond acceptors (Lipinski definition) is 7. The summed E-state index contributed by atoms with van der Waals surface area (Å²) in [6, 6.07) is 14.3. The highest BCUT2D eigenvalue weighted by Gasteiger charge is 2.24. The van der Waals surface area contributed by atoms with Crippen LogP contribution in [-0.2, 0) is 32.6 Å². The van der Waals surface area contributed by atoms with Crippen molar-refractivity contribution >= 4 is 21.6 Å². The van der Waals surface area contributed by atoms with Gasteiger partial charge in [-0.05, 0) is 42.5 Å². The van der Waals surface area contributed by atoms with Gasteiger partial charge in [-0.3, -0.25) is 14.6 Å². The maximum Gasteiger partial charge on any atom is 0.259 e. The predicted octanol–water partition coefficient (Wildman–Crippen LogP) is 4.47. The summed E-state index contributed by atoms with van der Waals surface area (Å²) >= 11 is 1.63. The number of hydrogen-bond donors (Lipinski definition) is 2. The molecule has 0 spiro atoms. The second-order valence-corrected chi connectivity index (χ2v) is 10.5. The molecule has 1 aliphatic rings. The van der Waals surface area contributed by atoms with Crippen molar-refractivity contribution in [3.63, 3.8) is 0 Å². The number of furan rings is 1. The summed E-state index contributed by atoms with van der Waals surface area (Å²) in [7, 11) is 0. The molecule has 7 nitrogen and oxygen atoms in total. The maximum atomic E-state index is 13.2. The van der Waals surface area contributed by atoms with E-state index in [1.54, 1.807) is 17.6 Å². The summed E-state index contributed by atoms with van der Waals surface area (Å²) in [6.07, 6.45) is 5.19. The number of aromatic amines is 1. The molecule has 0 fully saturated rings. The zero-order valence-corrected chi connectivity index (χ0v) is 21.2. The summed E-state index contributed by atoms with van der Waals surface area (Å²) < 4.78 is 5.53. The number of aromatic nitrogens is 2. The van der Waals surface area contributed by atoms with Crippen LogP contribution in [0.5, 0.6) is 0 Å². The van der Waals surface area contributed by atoms with E-state index in [1.165, 1.54) is 10.4 Å². The van der Waals surface area contributed by atoms with Crippen molar-refractivity contribution in [2.75, 3.05) is 13.1 Å². The zero-order valence-electron chi connectivity index (χ0n) is 20.4. The van der Waals surface area contributed by atoms with Gasteiger partial charge in [0.2, 0.25) is 0 Å². The first-order chi connectivity index (χ1) is 17.6. The lowest BCUT2D eigenvalue weighted by molar-refractivity contribution is 0.0931. The molecule has 36 heavy (non-hydrogen) atoms. The van der Waals surface area contributed by atoms with Gasteiger partial charge >= 0.3 is 0 Å². The Hall–Kier alpha value is -3.04. The lowest BCUT2D eigenvalue weighted by Crippen LogP contribution is -2.33. The molecule has 0 bridgehead atoms. The number of aliphatic hydroxyl groups excluding tert-OH is 1. The number of fused-ring (bicyclic) bond motifs is 3. The molecule has 2 N–H and O–H groups in total. The number of thiophene rings is 1. The molecule has 4 aromatic rings. The first-order valence-electron chi connectivity index (χ1n) is 12.4. The Morgan fingerprint density at radius 3 is 2.89 bits per heavy atom. The highest BCUT2D eigenvalue weighted by molar-refractivity contribution is 7.18. The Labute approximate surface area is 214 Å². The molecule has 5 rings (SSSR count). The molecule has 0 saturated heterocycles. The normalized spacial score (nSPS) is 14.8. The fourth-order valence-electron chi connectivity index (χ4n) is 4.87. The minimum absolute atomic E-state index is 0.0748. The van der Waals surface area contributed by atoms with Gasteiger partial charge < -0.3 is 14.5 Å². The monoisotopic (exact) mass is 504 g/mol. The molecule has 0 amide bonds. The fraction of sp³-hybridized carbons (Fsp3) is 0.357. The molecule has 1 aromatic carbocycles. The summed E-state index contributed by atoms with van der Waals surface area (Å²) in [5, 5.41) is 11.2. The fourth-order valence-corrected chi connectivity index (χ4v) is 6.15. The smallest absolute Gasteiger partial charge is 0.259 e. The van der Waals surface area contributed by atoms with E-state index in [-0.39, 0.29) is 5.56 Å². The van der Waals surface area contributed by atoms with E-state index in [0.717, 1.165) is 54.0 Å². The van der Waals surface area contributed by atoms with Crippen molar-refractivity contribution in [2.45, 2.75) is 51.5 Å². The molecular formula is C28H32N4O3S. The van der Waals surface area contributed by atoms with Crippen LogP contribution in [0.3, 0.4) is 0 Å². The lowest BCUT2D eigenvalue weighted by atomic mass is 10.0. The summed E-state index contributed by atoms with van der Waals surface area (Å²) in [5.74, 6) is 1.41. The molecule has 0 aliphatic carbocycles. The largest absolute Gasteiger partial charge is 0.468 e. The number of nitrogens with one attached hydrogen (secondary N) is 1. The molecular weight excluding hydrogens is 472 g/mol. The van der Waals surface area contributed by atoms with Crippen LogP contribution in [-0.4, -0.2) is 44.1 Å². The quantitative estimate of drug-likeness (QED) is 0.293. The molecule has 1 aliphatic heterocycles. The highest BCUT2D eigenvalue weighted by Crippen LogP contribution is 2.33. The molecule has 1 unspecified atom stereocenters. The van der Waals surface area contributed by atoms with Crippen molar-refractivity contribution in [1.82, 2.24) is 19.8 Å². The zero-order chi connectivity index (χ0) is 24.9. The van der Waals surface area contributed by atoms with E-state index >= 15 is 0 Å². The molecule has 3 aromatic heterocycles. The van der Waals surface area contributed by atoms with E-state index in [9.17, 15) is 9.90 Å². The first kappa shape index (κ1) is 24.6. The topological polar surface area (TPSA) is 85.6 Å². The van der Waals surface area contributed by atoms with Crippen LogP contribution in [0.1, 0.15) is 40.4 Å². The van der Waals surface area contributed by atoms with Crippen LogP contribution in [0.4, 0.5) is 0 Å². The third-order valence-corrected chi connectivity index (χ3v) is 7.70. The Kier molecular flexibility index (Phi) is 7.77. The van der Waals surface area contributed by atoms with Gasteiger partial charge in [0, 0.05) is 31.1 Å². The molecule has 1 atom stereocenters. The minimum atomic E-state index is -0.502. The summed E-state index contributed by atoms with van der Waals surface area (Å²) in [6.45, 7) is 7.79. The van der Waals surface area contributed by atoms with Crippen molar-refractivity contribution in [3.8, 4) is 0 Å². The van der Waals surface area contributed by atoms with Crippen LogP contribution in [0.15, 0.2) is 70.6 Å². The average molecular weight is 505 g/mol. The third-order valence-electron chi connectivity index (χ3n) is 6.59. The van der Waals surface area contributed by atoms with Crippen LogP contribution in [0.2, 0.25) is 0 Å². The third kappa shape index (κ3) is 5.84. The average Bonchev–Trinajstić information content (AvgIpc) is 3.50. The van der Waals surface area contributed by atoms with Gasteiger partial charge in [-0.25, -0.2) is 4.98 Å². The van der Waals surface area contributed by atoms with Crippen molar-refractivity contribution in [1.29, 1.82) is 0 Å². The summed E-state index contributed by atoms with van der Waals surface area (Å²) in [5.41, 5.74) is 2.37. The van der Waals surface area contributed by atoms with Gasteiger partial charge in [0.05, 0.1) is 30.8 Å². The van der Waals surface area contributed by atoms with Gasteiger partial charge in [0.1, 0.15) is 16.4 Å². The summed E-state index contributed by atoms with van der Waals surface area (Å²) in [4.78, 5) is 27.6. The molecule has 0 saturated carbocycles. The number of nitrogens with zero attached hydrogens (tertiary/aromatic N) is 3. The SMILES string of the molecule is C=CCCC(O)CN(Cc1nc2sc3c(c2c(=O)[nH]1)CCN(Cc1ccccc1)C3)Cc1ccco1. The number of allylic oxidation sites excluding steroid dienone is 1. The van der Waals surface area contributed by atoms with Gasteiger partial charge in [0.25, 0.3) is 5.56 Å². The van der Waals surface area contributed by atoms with Gasteiger partial charge in [-0.2, -0.15) is 0 Å². The second-order valence-electron chi connectivity index (χ2n) is 9.41. The van der Waals surface area contributed by atoms with Gasteiger partial charge in [0.15, 0.2) is 0 Å². The maximum absolute atomic E-state index is 13.2. The highest BCUT2D eigenvalue weighted by atomic mass is 32.1. The van der Waals surface area contributed by atoms with Crippen molar-refractivity contribution in [3.05, 3.63) is 99.3 Å². The van der Waals surface area contributed by atoms with Gasteiger partial charge in [-0.1, -0.05) is 36.4 Å². The number of H-pyrrole nitrogens is 1. The molecule has 4 heterocycles. The first-order valence-corrected chi connectivity index (χ1v) is 13.2.